The Bertz CT molecular complexity index is 655. The van der Waals surface area contributed by atoms with Gasteiger partial charge in [0.2, 0.25) is 0 Å². The molecule has 0 unspecified atom stereocenters. The molecule has 0 N–H and O–H groups in total. The second-order valence-corrected chi connectivity index (χ2v) is 6.15. The minimum atomic E-state index is -0.212. The molecule has 1 aliphatic heterocycles. The molecule has 2 aromatic rings. The Morgan fingerprint density at radius 1 is 1.27 bits per heavy atom. The molecule has 0 spiro atoms. The molecular formula is C18H18BrFO2. The van der Waals surface area contributed by atoms with Gasteiger partial charge >= 0.3 is 0 Å². The molecule has 22 heavy (non-hydrogen) atoms. The Morgan fingerprint density at radius 2 is 2.05 bits per heavy atom. The summed E-state index contributed by atoms with van der Waals surface area (Å²) in [5.41, 5.74) is 3.83. The van der Waals surface area contributed by atoms with Crippen LogP contribution in [0.15, 0.2) is 36.4 Å². The van der Waals surface area contributed by atoms with E-state index in [9.17, 15) is 4.39 Å². The van der Waals surface area contributed by atoms with Gasteiger partial charge in [-0.3, -0.25) is 0 Å². The first kappa shape index (κ1) is 15.5. The smallest absolute Gasteiger partial charge is 0.130 e. The van der Waals surface area contributed by atoms with Gasteiger partial charge in [0.1, 0.15) is 17.7 Å². The van der Waals surface area contributed by atoms with Crippen LogP contribution in [0.1, 0.15) is 17.5 Å². The van der Waals surface area contributed by atoms with Crippen LogP contribution in [0, 0.1) is 5.82 Å². The number of fused-ring (bicyclic) bond motifs is 1. The van der Waals surface area contributed by atoms with Crippen LogP contribution in [-0.4, -0.2) is 18.5 Å². The number of methoxy groups -OCH3 is 1. The lowest BCUT2D eigenvalue weighted by atomic mass is 9.95. The van der Waals surface area contributed by atoms with Gasteiger partial charge in [-0.1, -0.05) is 40.2 Å². The summed E-state index contributed by atoms with van der Waals surface area (Å²) in [6.45, 7) is 0.573. The first-order chi connectivity index (χ1) is 10.7. The van der Waals surface area contributed by atoms with Gasteiger partial charge in [-0.25, -0.2) is 4.39 Å². The minimum absolute atomic E-state index is 0.143. The Labute approximate surface area is 138 Å². The van der Waals surface area contributed by atoms with E-state index in [2.05, 4.69) is 15.9 Å². The first-order valence-electron chi connectivity index (χ1n) is 7.34. The molecule has 1 aliphatic rings. The van der Waals surface area contributed by atoms with Crippen LogP contribution in [0.4, 0.5) is 4.39 Å². The van der Waals surface area contributed by atoms with Crippen molar-refractivity contribution in [2.75, 3.05) is 12.4 Å². The van der Waals surface area contributed by atoms with Crippen LogP contribution in [0.25, 0.3) is 11.1 Å². The number of hydrogen-bond donors (Lipinski definition) is 0. The van der Waals surface area contributed by atoms with Crippen molar-refractivity contribution in [2.45, 2.75) is 25.6 Å². The fourth-order valence-electron chi connectivity index (χ4n) is 2.79. The molecule has 0 aliphatic carbocycles. The monoisotopic (exact) mass is 364 g/mol. The van der Waals surface area contributed by atoms with E-state index in [-0.39, 0.29) is 11.9 Å². The van der Waals surface area contributed by atoms with Crippen molar-refractivity contribution in [1.82, 2.24) is 0 Å². The number of alkyl halides is 1. The molecule has 0 bridgehead atoms. The highest BCUT2D eigenvalue weighted by Gasteiger charge is 2.23. The summed E-state index contributed by atoms with van der Waals surface area (Å²) in [4.78, 5) is 0. The lowest BCUT2D eigenvalue weighted by molar-refractivity contribution is 0.185. The number of halogens is 2. The maximum atomic E-state index is 13.9. The van der Waals surface area contributed by atoms with Crippen LogP contribution in [0.5, 0.6) is 5.75 Å². The summed E-state index contributed by atoms with van der Waals surface area (Å²) < 4.78 is 25.1. The van der Waals surface area contributed by atoms with Crippen molar-refractivity contribution in [3.8, 4) is 16.9 Å². The van der Waals surface area contributed by atoms with Crippen LogP contribution in [-0.2, 0) is 17.8 Å². The van der Waals surface area contributed by atoms with Crippen molar-refractivity contribution in [2.24, 2.45) is 0 Å². The predicted molar refractivity (Wildman–Crippen MR) is 89.1 cm³/mol. The Hall–Kier alpha value is -1.39. The Kier molecular flexibility index (Phi) is 4.79. The second kappa shape index (κ2) is 6.80. The van der Waals surface area contributed by atoms with E-state index in [1.807, 2.05) is 24.3 Å². The Balaban J connectivity index is 2.01. The Morgan fingerprint density at radius 3 is 2.73 bits per heavy atom. The molecule has 3 rings (SSSR count). The van der Waals surface area contributed by atoms with Crippen LogP contribution < -0.4 is 4.74 Å². The topological polar surface area (TPSA) is 18.5 Å². The van der Waals surface area contributed by atoms with Crippen molar-refractivity contribution in [3.63, 3.8) is 0 Å². The number of rotatable bonds is 4. The predicted octanol–water partition coefficient (Wildman–Crippen LogP) is 4.73. The molecule has 0 saturated heterocycles. The van der Waals surface area contributed by atoms with E-state index in [4.69, 9.17) is 9.47 Å². The normalized spacial score (nSPS) is 17.0. The van der Waals surface area contributed by atoms with Gasteiger partial charge in [0.25, 0.3) is 0 Å². The molecule has 1 heterocycles. The highest BCUT2D eigenvalue weighted by atomic mass is 79.9. The summed E-state index contributed by atoms with van der Waals surface area (Å²) in [6.07, 6.45) is 1.90. The van der Waals surface area contributed by atoms with E-state index in [1.165, 1.54) is 0 Å². The van der Waals surface area contributed by atoms with Crippen LogP contribution in [0.3, 0.4) is 0 Å². The maximum Gasteiger partial charge on any atom is 0.130 e. The molecule has 0 fully saturated rings. The summed E-state index contributed by atoms with van der Waals surface area (Å²) in [5.74, 6) is 0.604. The van der Waals surface area contributed by atoms with Crippen molar-refractivity contribution < 1.29 is 13.9 Å². The summed E-state index contributed by atoms with van der Waals surface area (Å²) in [6, 6.07) is 11.1. The summed E-state index contributed by atoms with van der Waals surface area (Å²) >= 11 is 3.47. The quantitative estimate of drug-likeness (QED) is 0.730. The largest absolute Gasteiger partial charge is 0.489 e. The highest BCUT2D eigenvalue weighted by Crippen LogP contribution is 2.39. The average Bonchev–Trinajstić information content (AvgIpc) is 2.55. The summed E-state index contributed by atoms with van der Waals surface area (Å²) in [5, 5.41) is 0.788. The number of aryl methyl sites for hydroxylation is 1. The first-order valence-corrected chi connectivity index (χ1v) is 8.46. The van der Waals surface area contributed by atoms with Crippen molar-refractivity contribution >= 4 is 15.9 Å². The molecule has 0 aromatic heterocycles. The third kappa shape index (κ3) is 3.18. The SMILES string of the molecule is COCc1ccc(-c2cc(F)cc3c2O[C@@H](CBr)CC3)cc1. The van der Waals surface area contributed by atoms with E-state index in [0.717, 1.165) is 46.2 Å². The molecule has 2 nitrogen and oxygen atoms in total. The standard InChI is InChI=1S/C18H18BrFO2/c1-21-11-12-2-4-13(5-3-12)17-9-15(20)8-14-6-7-16(10-19)22-18(14)17/h2-5,8-9,16H,6-7,10-11H2,1H3/t16-/m1/s1. The van der Waals surface area contributed by atoms with Crippen molar-refractivity contribution in [1.29, 1.82) is 0 Å². The second-order valence-electron chi connectivity index (χ2n) is 5.50. The fraction of sp³-hybridized carbons (Fsp3) is 0.333. The van der Waals surface area contributed by atoms with E-state index >= 15 is 0 Å². The van der Waals surface area contributed by atoms with Crippen LogP contribution >= 0.6 is 15.9 Å². The van der Waals surface area contributed by atoms with Gasteiger partial charge in [-0.05, 0) is 41.7 Å². The fourth-order valence-corrected chi connectivity index (χ4v) is 3.24. The lowest BCUT2D eigenvalue weighted by Crippen LogP contribution is -2.24. The lowest BCUT2D eigenvalue weighted by Gasteiger charge is -2.27. The van der Waals surface area contributed by atoms with Gasteiger partial charge in [0.05, 0.1) is 6.61 Å². The van der Waals surface area contributed by atoms with Crippen LogP contribution in [0.2, 0.25) is 0 Å². The molecular weight excluding hydrogens is 347 g/mol. The zero-order valence-corrected chi connectivity index (χ0v) is 14.0. The molecule has 0 amide bonds. The van der Waals surface area contributed by atoms with Gasteiger partial charge in [-0.2, -0.15) is 0 Å². The van der Waals surface area contributed by atoms with Crippen molar-refractivity contribution in [3.05, 3.63) is 53.3 Å². The number of benzene rings is 2. The van der Waals surface area contributed by atoms with E-state index in [1.54, 1.807) is 19.2 Å². The van der Waals surface area contributed by atoms with Gasteiger partial charge < -0.3 is 9.47 Å². The third-order valence-electron chi connectivity index (χ3n) is 3.90. The summed E-state index contributed by atoms with van der Waals surface area (Å²) in [7, 11) is 1.67. The average molecular weight is 365 g/mol. The number of hydrogen-bond acceptors (Lipinski definition) is 2. The minimum Gasteiger partial charge on any atom is -0.489 e. The highest BCUT2D eigenvalue weighted by molar-refractivity contribution is 9.09. The molecule has 1 atom stereocenters. The molecule has 0 radical (unpaired) electrons. The number of ether oxygens (including phenoxy) is 2. The third-order valence-corrected chi connectivity index (χ3v) is 4.62. The van der Waals surface area contributed by atoms with Gasteiger partial charge in [0, 0.05) is 18.0 Å². The molecule has 2 aromatic carbocycles. The molecule has 4 heteroatoms. The zero-order chi connectivity index (χ0) is 15.5. The van der Waals surface area contributed by atoms with Gasteiger partial charge in [0.15, 0.2) is 0 Å². The van der Waals surface area contributed by atoms with E-state index < -0.39 is 0 Å². The van der Waals surface area contributed by atoms with E-state index in [0.29, 0.717) is 6.61 Å². The maximum absolute atomic E-state index is 13.9. The molecule has 0 saturated carbocycles. The molecule has 116 valence electrons. The van der Waals surface area contributed by atoms with Gasteiger partial charge in [-0.15, -0.1) is 0 Å². The zero-order valence-electron chi connectivity index (χ0n) is 12.4.